The van der Waals surface area contributed by atoms with Crippen LogP contribution in [-0.2, 0) is 7.05 Å². The lowest BCUT2D eigenvalue weighted by Crippen LogP contribution is -2.29. The molecule has 2 aromatic rings. The molecule has 0 saturated heterocycles. The minimum Gasteiger partial charge on any atom is -0.396 e. The van der Waals surface area contributed by atoms with Crippen molar-refractivity contribution in [2.75, 3.05) is 18.5 Å². The van der Waals surface area contributed by atoms with Gasteiger partial charge in [0.05, 0.1) is 11.9 Å². The fraction of sp³-hybridized carbons (Fsp3) is 0.333. The molecule has 3 N–H and O–H groups in total. The first-order chi connectivity index (χ1) is 10.1. The highest BCUT2D eigenvalue weighted by atomic mass is 16.3. The number of aliphatic hydroxyl groups excluding tert-OH is 1. The number of carbonyl (C=O) groups is 1. The lowest BCUT2D eigenvalue weighted by Gasteiger charge is -2.10. The number of aryl methyl sites for hydroxylation is 1. The third-order valence-corrected chi connectivity index (χ3v) is 3.04. The quantitative estimate of drug-likeness (QED) is 0.753. The number of nitrogens with zero attached hydrogens (tertiary/aromatic N) is 2. The molecule has 1 aromatic carbocycles. The maximum Gasteiger partial charge on any atom is 0.251 e. The van der Waals surface area contributed by atoms with Crippen LogP contribution in [0.3, 0.4) is 0 Å². The molecule has 21 heavy (non-hydrogen) atoms. The first-order valence-electron chi connectivity index (χ1n) is 6.83. The van der Waals surface area contributed by atoms with Crippen molar-refractivity contribution in [1.82, 2.24) is 15.1 Å². The predicted octanol–water partition coefficient (Wildman–Crippen LogP) is 1.52. The van der Waals surface area contributed by atoms with E-state index in [4.69, 9.17) is 5.11 Å². The highest BCUT2D eigenvalue weighted by molar-refractivity contribution is 5.95. The van der Waals surface area contributed by atoms with Gasteiger partial charge in [-0.2, -0.15) is 5.10 Å². The summed E-state index contributed by atoms with van der Waals surface area (Å²) >= 11 is 0. The van der Waals surface area contributed by atoms with Gasteiger partial charge >= 0.3 is 0 Å². The molecule has 1 unspecified atom stereocenters. The molecule has 1 heterocycles. The highest BCUT2D eigenvalue weighted by Crippen LogP contribution is 2.16. The SMILES string of the molecule is CC(CO)CNC(=O)c1cccc(Nc2cnn(C)c2)c1. The maximum atomic E-state index is 12.0. The zero-order chi connectivity index (χ0) is 15.2. The molecule has 0 bridgehead atoms. The average Bonchev–Trinajstić information content (AvgIpc) is 2.89. The molecule has 0 aliphatic rings. The third kappa shape index (κ3) is 4.32. The Morgan fingerprint density at radius 2 is 2.24 bits per heavy atom. The summed E-state index contributed by atoms with van der Waals surface area (Å²) in [5.41, 5.74) is 2.27. The number of hydrogen-bond donors (Lipinski definition) is 3. The van der Waals surface area contributed by atoms with E-state index in [0.29, 0.717) is 12.1 Å². The number of hydrogen-bond acceptors (Lipinski definition) is 4. The summed E-state index contributed by atoms with van der Waals surface area (Å²) in [6.07, 6.45) is 3.57. The highest BCUT2D eigenvalue weighted by Gasteiger charge is 2.08. The van der Waals surface area contributed by atoms with Crippen LogP contribution in [0.4, 0.5) is 11.4 Å². The van der Waals surface area contributed by atoms with Crippen molar-refractivity contribution >= 4 is 17.3 Å². The average molecular weight is 288 g/mol. The summed E-state index contributed by atoms with van der Waals surface area (Å²) in [7, 11) is 1.84. The van der Waals surface area contributed by atoms with E-state index in [1.165, 1.54) is 0 Å². The number of amides is 1. The summed E-state index contributed by atoms with van der Waals surface area (Å²) in [5.74, 6) is -0.101. The van der Waals surface area contributed by atoms with Gasteiger partial charge in [0.2, 0.25) is 0 Å². The van der Waals surface area contributed by atoms with Crippen LogP contribution in [0.2, 0.25) is 0 Å². The van der Waals surface area contributed by atoms with Gasteiger partial charge in [0.15, 0.2) is 0 Å². The van der Waals surface area contributed by atoms with Crippen LogP contribution >= 0.6 is 0 Å². The number of aromatic nitrogens is 2. The molecule has 0 aliphatic carbocycles. The fourth-order valence-electron chi connectivity index (χ4n) is 1.82. The van der Waals surface area contributed by atoms with Crippen LogP contribution in [0.5, 0.6) is 0 Å². The zero-order valence-corrected chi connectivity index (χ0v) is 12.2. The van der Waals surface area contributed by atoms with Gasteiger partial charge < -0.3 is 15.7 Å². The van der Waals surface area contributed by atoms with E-state index in [-0.39, 0.29) is 18.4 Å². The second-order valence-corrected chi connectivity index (χ2v) is 5.11. The second-order valence-electron chi connectivity index (χ2n) is 5.11. The fourth-order valence-corrected chi connectivity index (χ4v) is 1.82. The Labute approximate surface area is 123 Å². The van der Waals surface area contributed by atoms with E-state index in [2.05, 4.69) is 15.7 Å². The largest absolute Gasteiger partial charge is 0.396 e. The van der Waals surface area contributed by atoms with Gasteiger partial charge in [-0.1, -0.05) is 13.0 Å². The molecule has 6 nitrogen and oxygen atoms in total. The topological polar surface area (TPSA) is 79.2 Å². The minimum atomic E-state index is -0.148. The molecule has 112 valence electrons. The van der Waals surface area contributed by atoms with Gasteiger partial charge in [-0.25, -0.2) is 0 Å². The van der Waals surface area contributed by atoms with Crippen molar-refractivity contribution < 1.29 is 9.90 Å². The number of nitrogens with one attached hydrogen (secondary N) is 2. The molecule has 0 radical (unpaired) electrons. The van der Waals surface area contributed by atoms with Crippen LogP contribution in [0, 0.1) is 5.92 Å². The molecule has 0 aliphatic heterocycles. The second kappa shape index (κ2) is 6.90. The van der Waals surface area contributed by atoms with Crippen molar-refractivity contribution in [1.29, 1.82) is 0 Å². The Balaban J connectivity index is 2.01. The van der Waals surface area contributed by atoms with Crippen molar-refractivity contribution in [2.45, 2.75) is 6.92 Å². The van der Waals surface area contributed by atoms with E-state index in [9.17, 15) is 4.79 Å². The number of anilines is 2. The van der Waals surface area contributed by atoms with Crippen molar-refractivity contribution in [3.63, 3.8) is 0 Å². The summed E-state index contributed by atoms with van der Waals surface area (Å²) in [4.78, 5) is 12.0. The first-order valence-corrected chi connectivity index (χ1v) is 6.83. The molecule has 2 rings (SSSR count). The van der Waals surface area contributed by atoms with Crippen molar-refractivity contribution in [3.8, 4) is 0 Å². The molecule has 6 heteroatoms. The van der Waals surface area contributed by atoms with E-state index in [1.807, 2.05) is 32.3 Å². The predicted molar refractivity (Wildman–Crippen MR) is 81.5 cm³/mol. The van der Waals surface area contributed by atoms with Gasteiger partial charge in [-0.15, -0.1) is 0 Å². The molecular weight excluding hydrogens is 268 g/mol. The Morgan fingerprint density at radius 3 is 2.90 bits per heavy atom. The van der Waals surface area contributed by atoms with E-state index in [0.717, 1.165) is 11.4 Å². The Kier molecular flexibility index (Phi) is 4.94. The van der Waals surface area contributed by atoms with Crippen LogP contribution in [0.25, 0.3) is 0 Å². The van der Waals surface area contributed by atoms with Gasteiger partial charge in [0.25, 0.3) is 5.91 Å². The zero-order valence-electron chi connectivity index (χ0n) is 12.2. The molecule has 1 atom stereocenters. The van der Waals surface area contributed by atoms with Crippen molar-refractivity contribution in [2.24, 2.45) is 13.0 Å². The normalized spacial score (nSPS) is 12.0. The van der Waals surface area contributed by atoms with Crippen LogP contribution in [0.1, 0.15) is 17.3 Å². The Hall–Kier alpha value is -2.34. The lowest BCUT2D eigenvalue weighted by atomic mass is 10.1. The van der Waals surface area contributed by atoms with Crippen LogP contribution in [-0.4, -0.2) is 33.9 Å². The van der Waals surface area contributed by atoms with Gasteiger partial charge in [-0.05, 0) is 24.1 Å². The minimum absolute atomic E-state index is 0.0469. The van der Waals surface area contributed by atoms with Gasteiger partial charge in [0, 0.05) is 37.6 Å². The summed E-state index contributed by atoms with van der Waals surface area (Å²) in [6.45, 7) is 2.39. The standard InChI is InChI=1S/C15H20N4O2/c1-11(10-20)7-16-15(21)12-4-3-5-13(6-12)18-14-8-17-19(2)9-14/h3-6,8-9,11,18,20H,7,10H2,1-2H3,(H,16,21). The molecule has 1 aromatic heterocycles. The molecule has 1 amide bonds. The third-order valence-electron chi connectivity index (χ3n) is 3.04. The number of aliphatic hydroxyl groups is 1. The summed E-state index contributed by atoms with van der Waals surface area (Å²) in [6, 6.07) is 7.25. The molecule has 0 saturated carbocycles. The number of carbonyl (C=O) groups excluding carboxylic acids is 1. The Morgan fingerprint density at radius 1 is 1.43 bits per heavy atom. The monoisotopic (exact) mass is 288 g/mol. The van der Waals surface area contributed by atoms with E-state index in [1.54, 1.807) is 23.0 Å². The lowest BCUT2D eigenvalue weighted by molar-refractivity contribution is 0.0942. The van der Waals surface area contributed by atoms with Gasteiger partial charge in [-0.3, -0.25) is 9.48 Å². The number of rotatable bonds is 6. The maximum absolute atomic E-state index is 12.0. The smallest absolute Gasteiger partial charge is 0.251 e. The van der Waals surface area contributed by atoms with E-state index < -0.39 is 0 Å². The Bertz CT molecular complexity index is 609. The van der Waals surface area contributed by atoms with Gasteiger partial charge in [0.1, 0.15) is 0 Å². The van der Waals surface area contributed by atoms with E-state index >= 15 is 0 Å². The van der Waals surface area contributed by atoms with Crippen LogP contribution < -0.4 is 10.6 Å². The summed E-state index contributed by atoms with van der Waals surface area (Å²) in [5, 5.41) is 19.0. The number of benzene rings is 1. The molecule has 0 spiro atoms. The van der Waals surface area contributed by atoms with Crippen molar-refractivity contribution in [3.05, 3.63) is 42.2 Å². The molecule has 0 fully saturated rings. The summed E-state index contributed by atoms with van der Waals surface area (Å²) < 4.78 is 1.70. The first kappa shape index (κ1) is 15.1. The van der Waals surface area contributed by atoms with Crippen LogP contribution in [0.15, 0.2) is 36.7 Å². The molecular formula is C15H20N4O2.